The predicted molar refractivity (Wildman–Crippen MR) is 70.3 cm³/mol. The Kier molecular flexibility index (Phi) is 3.91. The van der Waals surface area contributed by atoms with Crippen LogP contribution < -0.4 is 0 Å². The molecule has 2 rings (SSSR count). The van der Waals surface area contributed by atoms with Gasteiger partial charge in [-0.1, -0.05) is 17.7 Å². The maximum Gasteiger partial charge on any atom is 0.318 e. The van der Waals surface area contributed by atoms with Crippen LogP contribution in [0.4, 0.5) is 0 Å². The Balaban J connectivity index is 2.26. The van der Waals surface area contributed by atoms with Crippen molar-refractivity contribution in [1.29, 1.82) is 0 Å². The van der Waals surface area contributed by atoms with Crippen molar-refractivity contribution in [2.75, 3.05) is 13.1 Å². The van der Waals surface area contributed by atoms with Crippen molar-refractivity contribution >= 4 is 16.0 Å². The Hall–Kier alpha value is -1.40. The summed E-state index contributed by atoms with van der Waals surface area (Å²) >= 11 is 0. The smallest absolute Gasteiger partial charge is 0.318 e. The van der Waals surface area contributed by atoms with Crippen molar-refractivity contribution in [3.05, 3.63) is 29.8 Å². The van der Waals surface area contributed by atoms with E-state index in [4.69, 9.17) is 5.11 Å². The maximum absolute atomic E-state index is 12.4. The van der Waals surface area contributed by atoms with Gasteiger partial charge in [-0.2, -0.15) is 4.31 Å². The van der Waals surface area contributed by atoms with Gasteiger partial charge < -0.3 is 5.11 Å². The van der Waals surface area contributed by atoms with E-state index in [-0.39, 0.29) is 4.90 Å². The Morgan fingerprint density at radius 2 is 1.89 bits per heavy atom. The number of sulfonamides is 1. The van der Waals surface area contributed by atoms with Gasteiger partial charge in [0.05, 0.1) is 4.90 Å². The van der Waals surface area contributed by atoms with Gasteiger partial charge in [0.15, 0.2) is 0 Å². The zero-order valence-electron chi connectivity index (χ0n) is 10.7. The van der Waals surface area contributed by atoms with Crippen LogP contribution in [0.1, 0.15) is 18.4 Å². The molecule has 6 heteroatoms. The van der Waals surface area contributed by atoms with E-state index in [1.807, 2.05) is 6.92 Å². The van der Waals surface area contributed by atoms with Crippen LogP contribution in [0.2, 0.25) is 0 Å². The third kappa shape index (κ3) is 3.54. The molecule has 0 spiro atoms. The first kappa shape index (κ1) is 14.0. The minimum Gasteiger partial charge on any atom is -0.480 e. The fraction of sp³-hybridized carbons (Fsp3) is 0.462. The molecule has 0 saturated heterocycles. The lowest BCUT2D eigenvalue weighted by Crippen LogP contribution is -2.37. The molecule has 1 aromatic carbocycles. The Bertz CT molecular complexity index is 561. The largest absolute Gasteiger partial charge is 0.480 e. The van der Waals surface area contributed by atoms with Crippen molar-refractivity contribution in [1.82, 2.24) is 4.31 Å². The summed E-state index contributed by atoms with van der Waals surface area (Å²) in [6.45, 7) is 1.69. The fourth-order valence-corrected chi connectivity index (χ4v) is 3.31. The molecule has 1 saturated carbocycles. The van der Waals surface area contributed by atoms with Gasteiger partial charge in [0.2, 0.25) is 10.0 Å². The highest BCUT2D eigenvalue weighted by Gasteiger charge is 2.32. The van der Waals surface area contributed by atoms with Gasteiger partial charge in [-0.05, 0) is 37.8 Å². The number of nitrogens with zero attached hydrogens (tertiary/aromatic N) is 1. The number of carboxylic acids is 1. The first-order valence-electron chi connectivity index (χ1n) is 6.18. The first-order valence-corrected chi connectivity index (χ1v) is 7.62. The minimum absolute atomic E-state index is 0.153. The van der Waals surface area contributed by atoms with Gasteiger partial charge in [-0.3, -0.25) is 4.79 Å². The number of carbonyl (C=O) groups is 1. The molecule has 0 heterocycles. The third-order valence-electron chi connectivity index (χ3n) is 3.13. The van der Waals surface area contributed by atoms with E-state index in [0.29, 0.717) is 12.5 Å². The molecule has 1 aliphatic carbocycles. The molecule has 1 N–H and O–H groups in total. The molecule has 0 radical (unpaired) electrons. The van der Waals surface area contributed by atoms with E-state index in [0.717, 1.165) is 22.7 Å². The molecule has 0 atom stereocenters. The standard InChI is InChI=1S/C13H17NO4S/c1-10-2-6-12(7-3-10)19(17,18)14(9-13(15)16)8-11-4-5-11/h2-3,6-7,11H,4-5,8-9H2,1H3,(H,15,16). The van der Waals surface area contributed by atoms with Crippen LogP contribution in [0.5, 0.6) is 0 Å². The lowest BCUT2D eigenvalue weighted by atomic mass is 10.2. The van der Waals surface area contributed by atoms with Crippen LogP contribution in [-0.2, 0) is 14.8 Å². The second-order valence-corrected chi connectivity index (χ2v) is 6.89. The molecule has 0 aliphatic heterocycles. The van der Waals surface area contributed by atoms with Gasteiger partial charge in [0, 0.05) is 6.54 Å². The normalized spacial score (nSPS) is 15.7. The third-order valence-corrected chi connectivity index (χ3v) is 4.96. The molecule has 5 nitrogen and oxygen atoms in total. The highest BCUT2D eigenvalue weighted by atomic mass is 32.2. The summed E-state index contributed by atoms with van der Waals surface area (Å²) in [5.41, 5.74) is 0.964. The number of aryl methyl sites for hydroxylation is 1. The number of aliphatic carboxylic acids is 1. The molecule has 19 heavy (non-hydrogen) atoms. The average molecular weight is 283 g/mol. The summed E-state index contributed by atoms with van der Waals surface area (Å²) in [4.78, 5) is 11.0. The van der Waals surface area contributed by atoms with Crippen molar-refractivity contribution in [3.8, 4) is 0 Å². The Morgan fingerprint density at radius 1 is 1.32 bits per heavy atom. The van der Waals surface area contributed by atoms with Crippen LogP contribution in [-0.4, -0.2) is 36.9 Å². The zero-order valence-corrected chi connectivity index (χ0v) is 11.6. The highest BCUT2D eigenvalue weighted by molar-refractivity contribution is 7.89. The first-order chi connectivity index (χ1) is 8.89. The summed E-state index contributed by atoms with van der Waals surface area (Å²) in [6, 6.07) is 6.46. The monoisotopic (exact) mass is 283 g/mol. The number of hydrogen-bond donors (Lipinski definition) is 1. The molecule has 1 aliphatic rings. The minimum atomic E-state index is -3.72. The molecule has 1 fully saturated rings. The van der Waals surface area contributed by atoms with Gasteiger partial charge >= 0.3 is 5.97 Å². The van der Waals surface area contributed by atoms with Crippen LogP contribution in [0.25, 0.3) is 0 Å². The van der Waals surface area contributed by atoms with Gasteiger partial charge in [-0.15, -0.1) is 0 Å². The quantitative estimate of drug-likeness (QED) is 0.858. The summed E-state index contributed by atoms with van der Waals surface area (Å²) in [7, 11) is -3.72. The summed E-state index contributed by atoms with van der Waals surface area (Å²) in [6.07, 6.45) is 1.94. The van der Waals surface area contributed by atoms with Crippen molar-refractivity contribution in [2.45, 2.75) is 24.7 Å². The van der Waals surface area contributed by atoms with Crippen LogP contribution >= 0.6 is 0 Å². The van der Waals surface area contributed by atoms with E-state index < -0.39 is 22.5 Å². The van der Waals surface area contributed by atoms with E-state index in [1.165, 1.54) is 12.1 Å². The summed E-state index contributed by atoms with van der Waals surface area (Å²) in [5, 5.41) is 8.87. The fourth-order valence-electron chi connectivity index (χ4n) is 1.85. The molecular weight excluding hydrogens is 266 g/mol. The number of carboxylic acid groups (broad SMARTS) is 1. The van der Waals surface area contributed by atoms with Crippen LogP contribution in [0, 0.1) is 12.8 Å². The van der Waals surface area contributed by atoms with E-state index in [1.54, 1.807) is 12.1 Å². The van der Waals surface area contributed by atoms with Crippen molar-refractivity contribution in [3.63, 3.8) is 0 Å². The van der Waals surface area contributed by atoms with E-state index >= 15 is 0 Å². The molecule has 0 amide bonds. The van der Waals surface area contributed by atoms with Gasteiger partial charge in [-0.25, -0.2) is 8.42 Å². The van der Waals surface area contributed by atoms with Crippen molar-refractivity contribution in [2.24, 2.45) is 5.92 Å². The zero-order chi connectivity index (χ0) is 14.0. The van der Waals surface area contributed by atoms with Gasteiger partial charge in [0.1, 0.15) is 6.54 Å². The molecule has 0 aromatic heterocycles. The molecule has 0 bridgehead atoms. The summed E-state index contributed by atoms with van der Waals surface area (Å²) in [5.74, 6) is -0.823. The molecule has 0 unspecified atom stereocenters. The number of benzene rings is 1. The number of hydrogen-bond acceptors (Lipinski definition) is 3. The number of rotatable bonds is 6. The Labute approximate surface area is 112 Å². The lowest BCUT2D eigenvalue weighted by molar-refractivity contribution is -0.137. The van der Waals surface area contributed by atoms with Crippen molar-refractivity contribution < 1.29 is 18.3 Å². The predicted octanol–water partition coefficient (Wildman–Crippen LogP) is 1.48. The van der Waals surface area contributed by atoms with Crippen LogP contribution in [0.3, 0.4) is 0 Å². The van der Waals surface area contributed by atoms with Gasteiger partial charge in [0.25, 0.3) is 0 Å². The van der Waals surface area contributed by atoms with Crippen LogP contribution in [0.15, 0.2) is 29.2 Å². The molecule has 104 valence electrons. The second-order valence-electron chi connectivity index (χ2n) is 4.95. The molecule has 1 aromatic rings. The topological polar surface area (TPSA) is 74.7 Å². The SMILES string of the molecule is Cc1ccc(S(=O)(=O)N(CC(=O)O)CC2CC2)cc1. The average Bonchev–Trinajstić information content (AvgIpc) is 3.12. The van der Waals surface area contributed by atoms with E-state index in [9.17, 15) is 13.2 Å². The maximum atomic E-state index is 12.4. The highest BCUT2D eigenvalue weighted by Crippen LogP contribution is 2.31. The summed E-state index contributed by atoms with van der Waals surface area (Å²) < 4.78 is 25.9. The Morgan fingerprint density at radius 3 is 2.37 bits per heavy atom. The van der Waals surface area contributed by atoms with E-state index in [2.05, 4.69) is 0 Å². The molecular formula is C13H17NO4S. The second kappa shape index (κ2) is 5.30. The lowest BCUT2D eigenvalue weighted by Gasteiger charge is -2.20.